The number of carbonyl (C=O) groups is 2. The number of hydrogen-bond donors (Lipinski definition) is 3. The first-order chi connectivity index (χ1) is 15.9. The number of carbonyl (C=O) groups excluding carboxylic acids is 1. The summed E-state index contributed by atoms with van der Waals surface area (Å²) in [5.74, 6) is -1.57. The van der Waals surface area contributed by atoms with Crippen molar-refractivity contribution in [2.24, 2.45) is 17.0 Å². The van der Waals surface area contributed by atoms with Gasteiger partial charge in [0.05, 0.1) is 16.4 Å². The molecule has 1 aromatic carbocycles. The van der Waals surface area contributed by atoms with Crippen molar-refractivity contribution in [2.45, 2.75) is 50.7 Å². The topological polar surface area (TPSA) is 179 Å². The molecule has 4 N–H and O–H groups in total. The van der Waals surface area contributed by atoms with Crippen LogP contribution in [0.1, 0.15) is 39.4 Å². The summed E-state index contributed by atoms with van der Waals surface area (Å²) in [6, 6.07) is 3.14. The van der Waals surface area contributed by atoms with Gasteiger partial charge >= 0.3 is 5.97 Å². The van der Waals surface area contributed by atoms with Gasteiger partial charge in [0.25, 0.3) is 10.0 Å². The predicted octanol–water partition coefficient (Wildman–Crippen LogP) is 1.54. The Kier molecular flexibility index (Phi) is 7.53. The maximum absolute atomic E-state index is 12.8. The van der Waals surface area contributed by atoms with Crippen LogP contribution in [0.25, 0.3) is 10.2 Å². The molecule has 34 heavy (non-hydrogen) atoms. The minimum atomic E-state index is -3.89. The van der Waals surface area contributed by atoms with E-state index >= 15 is 0 Å². The number of hydrogen-bond acceptors (Lipinski definition) is 9. The van der Waals surface area contributed by atoms with Gasteiger partial charge in [0, 0.05) is 0 Å². The van der Waals surface area contributed by atoms with Gasteiger partial charge in [-0.3, -0.25) is 4.79 Å². The van der Waals surface area contributed by atoms with Crippen LogP contribution in [0.5, 0.6) is 5.75 Å². The summed E-state index contributed by atoms with van der Waals surface area (Å²) in [7, 11) is -3.89. The number of benzene rings is 1. The lowest BCUT2D eigenvalue weighted by molar-refractivity contribution is -0.144. The molecule has 0 spiro atoms. The molecule has 0 bridgehead atoms. The quantitative estimate of drug-likeness (QED) is 0.364. The van der Waals surface area contributed by atoms with Crippen molar-refractivity contribution in [1.82, 2.24) is 25.3 Å². The molecule has 2 atom stereocenters. The molecule has 1 unspecified atom stereocenters. The molecule has 184 valence electrons. The van der Waals surface area contributed by atoms with Crippen LogP contribution in [-0.4, -0.2) is 51.4 Å². The Morgan fingerprint density at radius 1 is 1.24 bits per heavy atom. The summed E-state index contributed by atoms with van der Waals surface area (Å²) < 4.78 is 30.5. The van der Waals surface area contributed by atoms with Crippen LogP contribution in [0, 0.1) is 11.8 Å². The van der Waals surface area contributed by atoms with Gasteiger partial charge in [0.15, 0.2) is 0 Å². The molecule has 0 saturated carbocycles. The SMILES string of the molecule is CC(C)C(NC(=O)[C@H](C(C)C)n1cc(COc2ccc3nc(S(N)(=O)=O)sc3c2)nn1)C(=O)O. The second kappa shape index (κ2) is 10.0. The van der Waals surface area contributed by atoms with Crippen molar-refractivity contribution in [3.63, 3.8) is 0 Å². The van der Waals surface area contributed by atoms with Crippen LogP contribution in [-0.2, 0) is 26.2 Å². The number of fused-ring (bicyclic) bond motifs is 1. The molecule has 2 aromatic heterocycles. The number of carboxylic acids is 1. The van der Waals surface area contributed by atoms with Crippen molar-refractivity contribution in [1.29, 1.82) is 0 Å². The van der Waals surface area contributed by atoms with Gasteiger partial charge in [0.1, 0.15) is 30.1 Å². The van der Waals surface area contributed by atoms with Crippen molar-refractivity contribution in [3.8, 4) is 5.75 Å². The summed E-state index contributed by atoms with van der Waals surface area (Å²) in [5, 5.41) is 25.2. The summed E-state index contributed by atoms with van der Waals surface area (Å²) >= 11 is 0.941. The highest BCUT2D eigenvalue weighted by atomic mass is 32.2. The van der Waals surface area contributed by atoms with Gasteiger partial charge in [-0.05, 0) is 30.0 Å². The zero-order valence-electron chi connectivity index (χ0n) is 19.0. The molecule has 12 nitrogen and oxygen atoms in total. The molecule has 0 aliphatic carbocycles. The normalized spacial score (nSPS) is 13.9. The number of nitrogens with one attached hydrogen (secondary N) is 1. The average molecular weight is 511 g/mol. The number of primary sulfonamides is 1. The molecule has 0 fully saturated rings. The standard InChI is InChI=1S/C20H26N6O6S2/c1-10(2)16(19(28)29)23-18(27)17(11(3)4)26-8-12(24-25-26)9-32-13-5-6-14-15(7-13)33-20(22-14)34(21,30)31/h5-8,10-11,16-17H,9H2,1-4H3,(H,23,27)(H,28,29)(H2,21,30,31)/t16?,17-/m0/s1. The van der Waals surface area contributed by atoms with Gasteiger partial charge in [-0.25, -0.2) is 28.0 Å². The van der Waals surface area contributed by atoms with Crippen molar-refractivity contribution in [2.75, 3.05) is 0 Å². The molecule has 0 radical (unpaired) electrons. The van der Waals surface area contributed by atoms with Gasteiger partial charge in [0.2, 0.25) is 10.2 Å². The molecule has 0 aliphatic heterocycles. The molecule has 3 rings (SSSR count). The number of thiazole rings is 1. The van der Waals surface area contributed by atoms with Crippen molar-refractivity contribution in [3.05, 3.63) is 30.1 Å². The van der Waals surface area contributed by atoms with Crippen LogP contribution >= 0.6 is 11.3 Å². The van der Waals surface area contributed by atoms with E-state index in [2.05, 4.69) is 20.6 Å². The number of nitrogens with zero attached hydrogens (tertiary/aromatic N) is 4. The van der Waals surface area contributed by atoms with E-state index in [9.17, 15) is 23.1 Å². The smallest absolute Gasteiger partial charge is 0.326 e. The lowest BCUT2D eigenvalue weighted by Gasteiger charge is -2.24. The summed E-state index contributed by atoms with van der Waals surface area (Å²) in [5.41, 5.74) is 0.936. The first kappa shape index (κ1) is 25.5. The van der Waals surface area contributed by atoms with Gasteiger partial charge in [-0.2, -0.15) is 0 Å². The van der Waals surface area contributed by atoms with Crippen molar-refractivity contribution >= 4 is 43.5 Å². The average Bonchev–Trinajstić information content (AvgIpc) is 3.36. The molecule has 0 saturated heterocycles. The molecule has 14 heteroatoms. The third-order valence-electron chi connectivity index (χ3n) is 4.94. The molecule has 1 amide bonds. The van der Waals surface area contributed by atoms with Crippen LogP contribution in [0.2, 0.25) is 0 Å². The molecule has 0 aliphatic rings. The lowest BCUT2D eigenvalue weighted by Crippen LogP contribution is -2.48. The third-order valence-corrected chi connectivity index (χ3v) is 7.28. The van der Waals surface area contributed by atoms with Crippen LogP contribution in [0.3, 0.4) is 0 Å². The van der Waals surface area contributed by atoms with E-state index in [-0.39, 0.29) is 22.8 Å². The van der Waals surface area contributed by atoms with Crippen LogP contribution in [0.15, 0.2) is 28.7 Å². The number of rotatable bonds is 10. The van der Waals surface area contributed by atoms with Gasteiger partial charge in [-0.1, -0.05) is 32.9 Å². The van der Waals surface area contributed by atoms with E-state index in [1.165, 1.54) is 4.68 Å². The molecular weight excluding hydrogens is 484 g/mol. The van der Waals surface area contributed by atoms with E-state index in [1.807, 2.05) is 13.8 Å². The fraction of sp³-hybridized carbons (Fsp3) is 0.450. The first-order valence-corrected chi connectivity index (χ1v) is 12.7. The number of amides is 1. The maximum atomic E-state index is 12.8. The van der Waals surface area contributed by atoms with E-state index in [0.29, 0.717) is 21.7 Å². The minimum absolute atomic E-state index is 0.0442. The molecule has 3 aromatic rings. The summed E-state index contributed by atoms with van der Waals surface area (Å²) in [4.78, 5) is 28.3. The summed E-state index contributed by atoms with van der Waals surface area (Å²) in [6.07, 6.45) is 1.57. The number of aromatic nitrogens is 4. The first-order valence-electron chi connectivity index (χ1n) is 10.4. The number of sulfonamides is 1. The fourth-order valence-corrected chi connectivity index (χ4v) is 4.93. The molecular formula is C20H26N6O6S2. The highest BCUT2D eigenvalue weighted by Crippen LogP contribution is 2.28. The number of aliphatic carboxylic acids is 1. The zero-order valence-corrected chi connectivity index (χ0v) is 20.6. The highest BCUT2D eigenvalue weighted by molar-refractivity contribution is 7.91. The Hall–Kier alpha value is -3.10. The van der Waals surface area contributed by atoms with Gasteiger partial charge in [-0.15, -0.1) is 16.4 Å². The Morgan fingerprint density at radius 3 is 2.53 bits per heavy atom. The highest BCUT2D eigenvalue weighted by Gasteiger charge is 2.31. The number of carboxylic acid groups (broad SMARTS) is 1. The Balaban J connectivity index is 1.72. The Morgan fingerprint density at radius 2 is 1.94 bits per heavy atom. The van der Waals surface area contributed by atoms with Crippen molar-refractivity contribution < 1.29 is 27.9 Å². The largest absolute Gasteiger partial charge is 0.487 e. The van der Waals surface area contributed by atoms with Gasteiger partial charge < -0.3 is 15.2 Å². The van der Waals surface area contributed by atoms with Crippen LogP contribution < -0.4 is 15.2 Å². The maximum Gasteiger partial charge on any atom is 0.326 e. The number of nitrogens with two attached hydrogens (primary N) is 1. The van der Waals surface area contributed by atoms with Crippen LogP contribution in [0.4, 0.5) is 0 Å². The third kappa shape index (κ3) is 5.87. The van der Waals surface area contributed by atoms with E-state index in [1.54, 1.807) is 38.2 Å². The minimum Gasteiger partial charge on any atom is -0.487 e. The van der Waals surface area contributed by atoms with E-state index in [0.717, 1.165) is 11.3 Å². The summed E-state index contributed by atoms with van der Waals surface area (Å²) in [6.45, 7) is 7.13. The Labute approximate surface area is 200 Å². The Bertz CT molecular complexity index is 1300. The van der Waals surface area contributed by atoms with E-state index < -0.39 is 34.0 Å². The fourth-order valence-electron chi connectivity index (χ4n) is 3.25. The zero-order chi connectivity index (χ0) is 25.2. The van der Waals surface area contributed by atoms with E-state index in [4.69, 9.17) is 9.88 Å². The second-order valence-corrected chi connectivity index (χ2v) is 11.2. The lowest BCUT2D eigenvalue weighted by atomic mass is 10.0. The monoisotopic (exact) mass is 510 g/mol. The molecule has 2 heterocycles. The predicted molar refractivity (Wildman–Crippen MR) is 124 cm³/mol. The second-order valence-electron chi connectivity index (χ2n) is 8.39. The number of ether oxygens (including phenoxy) is 1.